The first-order valence-corrected chi connectivity index (χ1v) is 6.71. The first kappa shape index (κ1) is 17.5. The third kappa shape index (κ3) is 4.58. The number of halogens is 4. The van der Waals surface area contributed by atoms with E-state index in [-0.39, 0.29) is 23.5 Å². The zero-order chi connectivity index (χ0) is 17.7. The number of non-ortho nitro benzene ring substituents is 1. The summed E-state index contributed by atoms with van der Waals surface area (Å²) in [6.45, 7) is -3.00. The van der Waals surface area contributed by atoms with Gasteiger partial charge in [-0.1, -0.05) is 24.3 Å². The summed E-state index contributed by atoms with van der Waals surface area (Å²) >= 11 is 0. The molecule has 5 nitrogen and oxygen atoms in total. The van der Waals surface area contributed by atoms with Crippen molar-refractivity contribution >= 4 is 11.4 Å². The molecule has 9 heteroatoms. The van der Waals surface area contributed by atoms with Crippen molar-refractivity contribution in [1.29, 1.82) is 0 Å². The number of hydrogen-bond acceptors (Lipinski definition) is 4. The highest BCUT2D eigenvalue weighted by Gasteiger charge is 2.15. The maximum Gasteiger partial charge on any atom is 0.387 e. The molecule has 0 aliphatic carbocycles. The summed E-state index contributed by atoms with van der Waals surface area (Å²) in [4.78, 5) is 9.97. The smallest absolute Gasteiger partial charge is 0.387 e. The predicted octanol–water partition coefficient (Wildman–Crippen LogP) is 4.75. The number of benzene rings is 2. The Morgan fingerprint density at radius 1 is 1.08 bits per heavy atom. The van der Waals surface area contributed by atoms with Crippen LogP contribution in [0, 0.1) is 10.1 Å². The van der Waals surface area contributed by atoms with Crippen molar-refractivity contribution in [3.63, 3.8) is 0 Å². The molecule has 0 saturated carbocycles. The average Bonchev–Trinajstić information content (AvgIpc) is 2.53. The molecule has 0 radical (unpaired) electrons. The molecule has 24 heavy (non-hydrogen) atoms. The fourth-order valence-corrected chi connectivity index (χ4v) is 1.94. The molecule has 2 aromatic carbocycles. The molecule has 0 heterocycles. The Kier molecular flexibility index (Phi) is 5.56. The SMILES string of the molecule is O=[N+]([O-])c1ccc(NCc2ccc(C(F)F)cc2)c(OC(F)F)c1. The molecule has 0 aliphatic heterocycles. The Bertz CT molecular complexity index is 708. The van der Waals surface area contributed by atoms with Crippen molar-refractivity contribution in [2.24, 2.45) is 0 Å². The molecular formula is C15H12F4N2O3. The number of nitro benzene ring substituents is 1. The van der Waals surface area contributed by atoms with E-state index in [9.17, 15) is 27.7 Å². The number of hydrogen-bond donors (Lipinski definition) is 1. The molecule has 0 bridgehead atoms. The van der Waals surface area contributed by atoms with Crippen LogP contribution in [0.4, 0.5) is 28.9 Å². The fraction of sp³-hybridized carbons (Fsp3) is 0.200. The molecule has 0 fully saturated rings. The summed E-state index contributed by atoms with van der Waals surface area (Å²) in [6.07, 6.45) is -2.58. The Labute approximate surface area is 134 Å². The second kappa shape index (κ2) is 7.62. The minimum Gasteiger partial charge on any atom is -0.432 e. The van der Waals surface area contributed by atoms with Crippen LogP contribution in [0.2, 0.25) is 0 Å². The number of ether oxygens (including phenoxy) is 1. The van der Waals surface area contributed by atoms with E-state index in [1.54, 1.807) is 0 Å². The second-order valence-corrected chi connectivity index (χ2v) is 4.71. The summed E-state index contributed by atoms with van der Waals surface area (Å²) in [5, 5.41) is 13.5. The van der Waals surface area contributed by atoms with E-state index in [2.05, 4.69) is 10.1 Å². The van der Waals surface area contributed by atoms with Crippen molar-refractivity contribution in [3.05, 3.63) is 63.7 Å². The quantitative estimate of drug-likeness (QED) is 0.447. The normalized spacial score (nSPS) is 10.9. The fourth-order valence-electron chi connectivity index (χ4n) is 1.94. The summed E-state index contributed by atoms with van der Waals surface area (Å²) < 4.78 is 54.1. The van der Waals surface area contributed by atoms with Gasteiger partial charge >= 0.3 is 6.61 Å². The summed E-state index contributed by atoms with van der Waals surface area (Å²) in [5.41, 5.74) is 0.230. The van der Waals surface area contributed by atoms with E-state index in [1.807, 2.05) is 0 Å². The lowest BCUT2D eigenvalue weighted by molar-refractivity contribution is -0.385. The van der Waals surface area contributed by atoms with Crippen molar-refractivity contribution in [2.75, 3.05) is 5.32 Å². The molecule has 0 unspecified atom stereocenters. The molecule has 2 aromatic rings. The average molecular weight is 344 g/mol. The van der Waals surface area contributed by atoms with Crippen LogP contribution in [0.3, 0.4) is 0 Å². The van der Waals surface area contributed by atoms with Crippen molar-refractivity contribution < 1.29 is 27.2 Å². The van der Waals surface area contributed by atoms with Gasteiger partial charge in [0.05, 0.1) is 16.7 Å². The number of rotatable bonds is 7. The van der Waals surface area contributed by atoms with Crippen LogP contribution < -0.4 is 10.1 Å². The maximum absolute atomic E-state index is 12.5. The van der Waals surface area contributed by atoms with E-state index in [0.29, 0.717) is 5.56 Å². The minimum atomic E-state index is -3.14. The summed E-state index contributed by atoms with van der Waals surface area (Å²) in [7, 11) is 0. The van der Waals surface area contributed by atoms with Gasteiger partial charge in [0, 0.05) is 18.2 Å². The van der Waals surface area contributed by atoms with Gasteiger partial charge in [0.1, 0.15) is 0 Å². The lowest BCUT2D eigenvalue weighted by Gasteiger charge is -2.13. The van der Waals surface area contributed by atoms with Crippen LogP contribution in [-0.2, 0) is 6.54 Å². The van der Waals surface area contributed by atoms with Gasteiger partial charge in [-0.2, -0.15) is 8.78 Å². The molecule has 1 N–H and O–H groups in total. The van der Waals surface area contributed by atoms with E-state index < -0.39 is 23.6 Å². The molecule has 128 valence electrons. The van der Waals surface area contributed by atoms with Crippen LogP contribution in [0.15, 0.2) is 42.5 Å². The predicted molar refractivity (Wildman–Crippen MR) is 78.5 cm³/mol. The Hall–Kier alpha value is -2.84. The number of alkyl halides is 4. The topological polar surface area (TPSA) is 64.4 Å². The molecule has 0 saturated heterocycles. The van der Waals surface area contributed by atoms with Gasteiger partial charge in [0.15, 0.2) is 5.75 Å². The number of nitrogens with zero attached hydrogens (tertiary/aromatic N) is 1. The van der Waals surface area contributed by atoms with Crippen LogP contribution in [-0.4, -0.2) is 11.5 Å². The van der Waals surface area contributed by atoms with Gasteiger partial charge in [-0.05, 0) is 11.6 Å². The van der Waals surface area contributed by atoms with Crippen LogP contribution in [0.25, 0.3) is 0 Å². The lowest BCUT2D eigenvalue weighted by atomic mass is 10.1. The van der Waals surface area contributed by atoms with E-state index in [0.717, 1.165) is 12.1 Å². The molecule has 0 amide bonds. The lowest BCUT2D eigenvalue weighted by Crippen LogP contribution is -2.07. The largest absolute Gasteiger partial charge is 0.432 e. The van der Waals surface area contributed by atoms with Gasteiger partial charge < -0.3 is 10.1 Å². The number of nitrogens with one attached hydrogen (secondary N) is 1. The minimum absolute atomic E-state index is 0.124. The first-order valence-electron chi connectivity index (χ1n) is 6.71. The Balaban J connectivity index is 2.14. The van der Waals surface area contributed by atoms with Crippen molar-refractivity contribution in [3.8, 4) is 5.75 Å². The highest BCUT2D eigenvalue weighted by molar-refractivity contribution is 5.61. The molecule has 0 aromatic heterocycles. The standard InChI is InChI=1S/C15H12F4N2O3/c16-14(17)10-3-1-9(2-4-10)8-20-12-6-5-11(21(22)23)7-13(12)24-15(18)19/h1-7,14-15,20H,8H2. The van der Waals surface area contributed by atoms with Crippen LogP contribution in [0.1, 0.15) is 17.6 Å². The monoisotopic (exact) mass is 344 g/mol. The first-order chi connectivity index (χ1) is 11.4. The highest BCUT2D eigenvalue weighted by atomic mass is 19.3. The van der Waals surface area contributed by atoms with E-state index in [4.69, 9.17) is 0 Å². The molecule has 0 aliphatic rings. The highest BCUT2D eigenvalue weighted by Crippen LogP contribution is 2.31. The van der Waals surface area contributed by atoms with E-state index in [1.165, 1.54) is 30.3 Å². The Morgan fingerprint density at radius 3 is 2.29 bits per heavy atom. The van der Waals surface area contributed by atoms with Gasteiger partial charge in [0.2, 0.25) is 0 Å². The summed E-state index contributed by atoms with van der Waals surface area (Å²) in [5.74, 6) is -0.372. The number of anilines is 1. The van der Waals surface area contributed by atoms with Gasteiger partial charge in [-0.3, -0.25) is 10.1 Å². The molecule has 2 rings (SSSR count). The van der Waals surface area contributed by atoms with Crippen molar-refractivity contribution in [2.45, 2.75) is 19.6 Å². The maximum atomic E-state index is 12.5. The third-order valence-corrected chi connectivity index (χ3v) is 3.11. The Morgan fingerprint density at radius 2 is 1.75 bits per heavy atom. The van der Waals surface area contributed by atoms with E-state index >= 15 is 0 Å². The van der Waals surface area contributed by atoms with Gasteiger partial charge in [-0.25, -0.2) is 8.78 Å². The van der Waals surface area contributed by atoms with Crippen molar-refractivity contribution in [1.82, 2.24) is 0 Å². The molecule has 0 atom stereocenters. The third-order valence-electron chi connectivity index (χ3n) is 3.11. The number of nitro groups is 1. The van der Waals surface area contributed by atoms with Crippen LogP contribution >= 0.6 is 0 Å². The zero-order valence-corrected chi connectivity index (χ0v) is 12.1. The zero-order valence-electron chi connectivity index (χ0n) is 12.1. The second-order valence-electron chi connectivity index (χ2n) is 4.71. The summed E-state index contributed by atoms with van der Waals surface area (Å²) in [6, 6.07) is 8.71. The van der Waals surface area contributed by atoms with Gasteiger partial charge in [-0.15, -0.1) is 0 Å². The molecule has 0 spiro atoms. The van der Waals surface area contributed by atoms with Crippen LogP contribution in [0.5, 0.6) is 5.75 Å². The molecular weight excluding hydrogens is 332 g/mol. The van der Waals surface area contributed by atoms with Gasteiger partial charge in [0.25, 0.3) is 12.1 Å².